The van der Waals surface area contributed by atoms with E-state index in [1.807, 2.05) is 0 Å². The van der Waals surface area contributed by atoms with E-state index in [1.54, 1.807) is 25.1 Å². The van der Waals surface area contributed by atoms with Gasteiger partial charge >= 0.3 is 0 Å². The van der Waals surface area contributed by atoms with E-state index in [1.165, 1.54) is 0 Å². The number of ketones is 1. The van der Waals surface area contributed by atoms with Crippen molar-refractivity contribution in [2.24, 2.45) is 5.92 Å². The van der Waals surface area contributed by atoms with Crippen molar-refractivity contribution in [1.29, 1.82) is 0 Å². The quantitative estimate of drug-likeness (QED) is 0.677. The van der Waals surface area contributed by atoms with Crippen LogP contribution >= 0.6 is 0 Å². The molecule has 1 fully saturated rings. The second-order valence-electron chi connectivity index (χ2n) is 4.28. The Bertz CT molecular complexity index is 378. The Balaban J connectivity index is 2.28. The van der Waals surface area contributed by atoms with Crippen molar-refractivity contribution in [1.82, 2.24) is 0 Å². The second kappa shape index (κ2) is 4.13. The van der Waals surface area contributed by atoms with E-state index in [0.29, 0.717) is 5.56 Å². The average molecular weight is 206 g/mol. The fourth-order valence-corrected chi connectivity index (χ4v) is 2.25. The Labute approximate surface area is 89.3 Å². The lowest BCUT2D eigenvalue weighted by Crippen LogP contribution is -2.13. The van der Waals surface area contributed by atoms with Gasteiger partial charge in [-0.05, 0) is 31.4 Å². The summed E-state index contributed by atoms with van der Waals surface area (Å²) in [4.78, 5) is 12.0. The van der Waals surface area contributed by atoms with Crippen LogP contribution in [-0.2, 0) is 0 Å². The van der Waals surface area contributed by atoms with E-state index in [2.05, 4.69) is 0 Å². The summed E-state index contributed by atoms with van der Waals surface area (Å²) in [5.74, 6) is -0.288. The van der Waals surface area contributed by atoms with Gasteiger partial charge in [0.25, 0.3) is 0 Å². The molecule has 0 bridgehead atoms. The van der Waals surface area contributed by atoms with Crippen LogP contribution in [-0.4, -0.2) is 5.78 Å². The van der Waals surface area contributed by atoms with E-state index in [0.717, 1.165) is 25.7 Å². The van der Waals surface area contributed by atoms with Crippen molar-refractivity contribution in [3.8, 4) is 0 Å². The predicted octanol–water partition coefficient (Wildman–Crippen LogP) is 3.51. The molecule has 15 heavy (non-hydrogen) atoms. The first-order valence-corrected chi connectivity index (χ1v) is 5.49. The van der Waals surface area contributed by atoms with Gasteiger partial charge in [-0.3, -0.25) is 4.79 Å². The lowest BCUT2D eigenvalue weighted by atomic mass is 9.95. The molecule has 2 heteroatoms. The maximum atomic E-state index is 13.7. The summed E-state index contributed by atoms with van der Waals surface area (Å²) < 4.78 is 13.7. The van der Waals surface area contributed by atoms with Crippen LogP contribution < -0.4 is 0 Å². The molecular weight excluding hydrogens is 191 g/mol. The zero-order valence-corrected chi connectivity index (χ0v) is 8.92. The Kier molecular flexibility index (Phi) is 2.85. The molecule has 0 unspecified atom stereocenters. The van der Waals surface area contributed by atoms with Crippen molar-refractivity contribution in [3.63, 3.8) is 0 Å². The van der Waals surface area contributed by atoms with Crippen LogP contribution in [0.3, 0.4) is 0 Å². The molecule has 80 valence electrons. The molecule has 1 aliphatic rings. The summed E-state index contributed by atoms with van der Waals surface area (Å²) in [5, 5.41) is 0. The largest absolute Gasteiger partial charge is 0.294 e. The summed E-state index contributed by atoms with van der Waals surface area (Å²) in [6.45, 7) is 1.70. The predicted molar refractivity (Wildman–Crippen MR) is 57.4 cm³/mol. The van der Waals surface area contributed by atoms with Crippen LogP contribution in [0.15, 0.2) is 18.2 Å². The van der Waals surface area contributed by atoms with Crippen LogP contribution in [0.1, 0.15) is 41.6 Å². The Morgan fingerprint density at radius 2 is 2.00 bits per heavy atom. The number of halogens is 1. The summed E-state index contributed by atoms with van der Waals surface area (Å²) in [5.41, 5.74) is 0.834. The van der Waals surface area contributed by atoms with Crippen LogP contribution in [0.4, 0.5) is 4.39 Å². The van der Waals surface area contributed by atoms with E-state index in [9.17, 15) is 9.18 Å². The number of hydrogen-bond acceptors (Lipinski definition) is 1. The molecule has 2 rings (SSSR count). The molecule has 0 spiro atoms. The van der Waals surface area contributed by atoms with E-state index in [-0.39, 0.29) is 23.1 Å². The van der Waals surface area contributed by atoms with E-state index >= 15 is 0 Å². The first kappa shape index (κ1) is 10.3. The standard InChI is InChI=1S/C13H15FO/c1-9-5-4-8-11(12(9)14)13(15)10-6-2-3-7-10/h4-5,8,10H,2-3,6-7H2,1H3. The number of rotatable bonds is 2. The normalized spacial score (nSPS) is 16.9. The molecule has 0 aromatic heterocycles. The number of Topliss-reactive ketones (excluding diaryl/α,β-unsaturated/α-hetero) is 1. The molecule has 0 saturated heterocycles. The highest BCUT2D eigenvalue weighted by Crippen LogP contribution is 2.29. The van der Waals surface area contributed by atoms with Gasteiger partial charge in [0, 0.05) is 5.92 Å². The number of carbonyl (C=O) groups excluding carboxylic acids is 1. The first-order valence-electron chi connectivity index (χ1n) is 5.49. The van der Waals surface area contributed by atoms with Gasteiger partial charge in [0.1, 0.15) is 5.82 Å². The highest BCUT2D eigenvalue weighted by Gasteiger charge is 2.25. The number of hydrogen-bond donors (Lipinski definition) is 0. The zero-order chi connectivity index (χ0) is 10.8. The van der Waals surface area contributed by atoms with Crippen molar-refractivity contribution < 1.29 is 9.18 Å². The summed E-state index contributed by atoms with van der Waals surface area (Å²) >= 11 is 0. The van der Waals surface area contributed by atoms with E-state index in [4.69, 9.17) is 0 Å². The highest BCUT2D eigenvalue weighted by atomic mass is 19.1. The zero-order valence-electron chi connectivity index (χ0n) is 8.92. The van der Waals surface area contributed by atoms with Gasteiger partial charge in [0.15, 0.2) is 5.78 Å². The Morgan fingerprint density at radius 1 is 1.33 bits per heavy atom. The van der Waals surface area contributed by atoms with Crippen LogP contribution in [0, 0.1) is 18.7 Å². The van der Waals surface area contributed by atoms with Crippen LogP contribution in [0.2, 0.25) is 0 Å². The molecule has 0 N–H and O–H groups in total. The molecule has 1 saturated carbocycles. The minimum Gasteiger partial charge on any atom is -0.294 e. The maximum absolute atomic E-state index is 13.7. The topological polar surface area (TPSA) is 17.1 Å². The summed E-state index contributed by atoms with van der Waals surface area (Å²) in [7, 11) is 0. The molecule has 0 amide bonds. The molecule has 0 aliphatic heterocycles. The fourth-order valence-electron chi connectivity index (χ4n) is 2.25. The second-order valence-corrected chi connectivity index (χ2v) is 4.28. The molecule has 1 aliphatic carbocycles. The molecular formula is C13H15FO. The molecule has 1 nitrogen and oxygen atoms in total. The lowest BCUT2D eigenvalue weighted by Gasteiger charge is -2.09. The maximum Gasteiger partial charge on any atom is 0.168 e. The number of benzene rings is 1. The van der Waals surface area contributed by atoms with E-state index < -0.39 is 0 Å². The van der Waals surface area contributed by atoms with Gasteiger partial charge in [-0.1, -0.05) is 25.0 Å². The average Bonchev–Trinajstić information content (AvgIpc) is 2.74. The molecule has 0 atom stereocenters. The molecule has 0 heterocycles. The van der Waals surface area contributed by atoms with Gasteiger partial charge in [0.05, 0.1) is 5.56 Å². The lowest BCUT2D eigenvalue weighted by molar-refractivity contribution is 0.0918. The first-order chi connectivity index (χ1) is 7.20. The molecule has 1 aromatic rings. The summed E-state index contributed by atoms with van der Waals surface area (Å²) in [6, 6.07) is 5.05. The van der Waals surface area contributed by atoms with Gasteiger partial charge in [0.2, 0.25) is 0 Å². The minimum atomic E-state index is -0.339. The summed E-state index contributed by atoms with van der Waals surface area (Å²) in [6.07, 6.45) is 4.05. The van der Waals surface area contributed by atoms with Crippen molar-refractivity contribution in [3.05, 3.63) is 35.1 Å². The van der Waals surface area contributed by atoms with Gasteiger partial charge < -0.3 is 0 Å². The monoisotopic (exact) mass is 206 g/mol. The Morgan fingerprint density at radius 3 is 2.67 bits per heavy atom. The smallest absolute Gasteiger partial charge is 0.168 e. The van der Waals surface area contributed by atoms with Crippen molar-refractivity contribution in [2.45, 2.75) is 32.6 Å². The third-order valence-electron chi connectivity index (χ3n) is 3.18. The third-order valence-corrected chi connectivity index (χ3v) is 3.18. The van der Waals surface area contributed by atoms with Crippen molar-refractivity contribution in [2.75, 3.05) is 0 Å². The number of carbonyl (C=O) groups is 1. The van der Waals surface area contributed by atoms with Crippen LogP contribution in [0.5, 0.6) is 0 Å². The molecule has 0 radical (unpaired) electrons. The van der Waals surface area contributed by atoms with Gasteiger partial charge in [-0.25, -0.2) is 4.39 Å². The molecule has 1 aromatic carbocycles. The number of aryl methyl sites for hydroxylation is 1. The minimum absolute atomic E-state index is 0.00583. The van der Waals surface area contributed by atoms with Crippen LogP contribution in [0.25, 0.3) is 0 Å². The van der Waals surface area contributed by atoms with Gasteiger partial charge in [-0.2, -0.15) is 0 Å². The fraction of sp³-hybridized carbons (Fsp3) is 0.462. The highest BCUT2D eigenvalue weighted by molar-refractivity contribution is 5.98. The SMILES string of the molecule is Cc1cccc(C(=O)C2CCCC2)c1F. The van der Waals surface area contributed by atoms with Gasteiger partial charge in [-0.15, -0.1) is 0 Å². The van der Waals surface area contributed by atoms with Crippen molar-refractivity contribution >= 4 is 5.78 Å². The Hall–Kier alpha value is -1.18. The third kappa shape index (κ3) is 1.94.